The van der Waals surface area contributed by atoms with Crippen molar-refractivity contribution in [2.75, 3.05) is 38.6 Å². The maximum absolute atomic E-state index is 13.6. The van der Waals surface area contributed by atoms with Gasteiger partial charge >= 0.3 is 12.0 Å². The van der Waals surface area contributed by atoms with Gasteiger partial charge in [0.2, 0.25) is 0 Å². The first-order chi connectivity index (χ1) is 13.2. The summed E-state index contributed by atoms with van der Waals surface area (Å²) < 4.78 is 44.7. The number of benzene rings is 1. The molecule has 1 aromatic carbocycles. The number of anilines is 1. The van der Waals surface area contributed by atoms with Crippen LogP contribution in [0.1, 0.15) is 6.92 Å². The van der Waals surface area contributed by atoms with Crippen LogP contribution < -0.4 is 20.9 Å². The van der Waals surface area contributed by atoms with Gasteiger partial charge in [0.1, 0.15) is 6.54 Å². The molecule has 8 nitrogen and oxygen atoms in total. The van der Waals surface area contributed by atoms with E-state index in [1.807, 2.05) is 0 Å². The minimum Gasteiger partial charge on any atom is -0.463 e. The second-order valence-corrected chi connectivity index (χ2v) is 6.07. The molecule has 0 saturated carbocycles. The Kier molecular flexibility index (Phi) is 6.99. The van der Waals surface area contributed by atoms with Gasteiger partial charge in [0, 0.05) is 0 Å². The van der Waals surface area contributed by atoms with Gasteiger partial charge in [-0.2, -0.15) is 0 Å². The molecule has 1 aliphatic rings. The van der Waals surface area contributed by atoms with Gasteiger partial charge < -0.3 is 25.6 Å². The Bertz CT molecular complexity index is 829. The number of carbonyl (C=O) groups excluding carboxylic acids is 3. The number of quaternary nitrogens is 1. The topological polar surface area (TPSA) is 101 Å². The maximum atomic E-state index is 13.6. The number of amides is 3. The van der Waals surface area contributed by atoms with E-state index in [1.165, 1.54) is 0 Å². The molecule has 0 radical (unpaired) electrons. The van der Waals surface area contributed by atoms with E-state index >= 15 is 0 Å². The molecule has 1 aliphatic heterocycles. The lowest BCUT2D eigenvalue weighted by Crippen LogP contribution is -3.10. The molecule has 28 heavy (non-hydrogen) atoms. The Balaban J connectivity index is 2.04. The highest BCUT2D eigenvalue weighted by Gasteiger charge is 2.26. The van der Waals surface area contributed by atoms with Crippen LogP contribution in [0.4, 0.5) is 23.7 Å². The summed E-state index contributed by atoms with van der Waals surface area (Å²) in [5.41, 5.74) is 0.0395. The van der Waals surface area contributed by atoms with Crippen LogP contribution in [0.5, 0.6) is 0 Å². The number of likely N-dealkylation sites (N-methyl/N-ethyl adjacent to an activating group) is 1. The Labute approximate surface area is 158 Å². The average molecular weight is 401 g/mol. The van der Waals surface area contributed by atoms with Crippen molar-refractivity contribution in [3.05, 3.63) is 40.9 Å². The molecule has 2 rings (SSSR count). The second-order valence-electron chi connectivity index (χ2n) is 6.07. The zero-order valence-corrected chi connectivity index (χ0v) is 15.3. The predicted molar refractivity (Wildman–Crippen MR) is 91.8 cm³/mol. The van der Waals surface area contributed by atoms with Crippen molar-refractivity contribution in [1.82, 2.24) is 10.6 Å². The molecule has 152 valence electrons. The molecule has 0 aromatic heterocycles. The Morgan fingerprint density at radius 2 is 1.96 bits per heavy atom. The summed E-state index contributed by atoms with van der Waals surface area (Å²) in [5.74, 6) is -5.80. The molecule has 0 fully saturated rings. The van der Waals surface area contributed by atoms with E-state index < -0.39 is 41.0 Å². The van der Waals surface area contributed by atoms with E-state index in [1.54, 1.807) is 14.0 Å². The smallest absolute Gasteiger partial charge is 0.337 e. The number of carbonyl (C=O) groups is 3. The monoisotopic (exact) mass is 401 g/mol. The lowest BCUT2D eigenvalue weighted by atomic mass is 10.1. The summed E-state index contributed by atoms with van der Waals surface area (Å²) >= 11 is 0. The van der Waals surface area contributed by atoms with Crippen LogP contribution in [0.3, 0.4) is 0 Å². The third-order valence-corrected chi connectivity index (χ3v) is 3.83. The predicted octanol–water partition coefficient (Wildman–Crippen LogP) is -0.313. The van der Waals surface area contributed by atoms with Crippen LogP contribution >= 0.6 is 0 Å². The highest BCUT2D eigenvalue weighted by Crippen LogP contribution is 2.19. The van der Waals surface area contributed by atoms with E-state index in [0.29, 0.717) is 16.7 Å². The second kappa shape index (κ2) is 9.22. The third kappa shape index (κ3) is 5.22. The summed E-state index contributed by atoms with van der Waals surface area (Å²) in [6.07, 6.45) is 0. The normalized spacial score (nSPS) is 14.8. The van der Waals surface area contributed by atoms with Gasteiger partial charge in [0.15, 0.2) is 24.0 Å². The number of esters is 1. The molecule has 1 aromatic rings. The number of rotatable bonds is 7. The van der Waals surface area contributed by atoms with Crippen molar-refractivity contribution >= 4 is 23.6 Å². The molecule has 1 atom stereocenters. The molecule has 0 aliphatic carbocycles. The van der Waals surface area contributed by atoms with E-state index in [9.17, 15) is 27.6 Å². The number of nitrogens with one attached hydrogen (secondary N) is 4. The van der Waals surface area contributed by atoms with Crippen molar-refractivity contribution in [1.29, 1.82) is 0 Å². The first-order valence-corrected chi connectivity index (χ1v) is 8.41. The lowest BCUT2D eigenvalue weighted by Gasteiger charge is -2.23. The van der Waals surface area contributed by atoms with Gasteiger partial charge in [-0.05, 0) is 19.1 Å². The standard InChI is InChI=1S/C17H19F3N4O4/c1-3-28-16(26)9-6-21-17(27)23-12(9)7-24(2)8-13(25)22-11-5-4-10(18)14(19)15(11)20/h4-5H,3,6-8H2,1-2H3,(H,22,25)(H2,21,23,27)/p+1. The fraction of sp³-hybridized carbons (Fsp3) is 0.353. The van der Waals surface area contributed by atoms with Crippen molar-refractivity contribution in [3.63, 3.8) is 0 Å². The van der Waals surface area contributed by atoms with Gasteiger partial charge in [-0.1, -0.05) is 0 Å². The van der Waals surface area contributed by atoms with E-state index in [4.69, 9.17) is 4.74 Å². The number of hydrogen-bond donors (Lipinski definition) is 4. The summed E-state index contributed by atoms with van der Waals surface area (Å²) in [5, 5.41) is 7.13. The Morgan fingerprint density at radius 1 is 1.25 bits per heavy atom. The molecule has 3 amide bonds. The summed E-state index contributed by atoms with van der Waals surface area (Å²) in [7, 11) is 1.60. The highest BCUT2D eigenvalue weighted by molar-refractivity contribution is 5.94. The minimum atomic E-state index is -1.68. The van der Waals surface area contributed by atoms with Crippen LogP contribution in [0.2, 0.25) is 0 Å². The van der Waals surface area contributed by atoms with Crippen LogP contribution in [-0.4, -0.2) is 51.2 Å². The fourth-order valence-corrected chi connectivity index (χ4v) is 2.55. The van der Waals surface area contributed by atoms with E-state index in [-0.39, 0.29) is 31.8 Å². The molecule has 1 unspecified atom stereocenters. The number of hydrogen-bond acceptors (Lipinski definition) is 4. The van der Waals surface area contributed by atoms with Gasteiger partial charge in [0.05, 0.1) is 37.2 Å². The average Bonchev–Trinajstić information content (AvgIpc) is 2.62. The van der Waals surface area contributed by atoms with Crippen molar-refractivity contribution in [2.24, 2.45) is 0 Å². The molecule has 1 heterocycles. The largest absolute Gasteiger partial charge is 0.463 e. The van der Waals surface area contributed by atoms with Gasteiger partial charge in [-0.3, -0.25) is 4.79 Å². The highest BCUT2D eigenvalue weighted by atomic mass is 19.2. The SMILES string of the molecule is CCOC(=O)C1=C(C[NH+](C)CC(=O)Nc2ccc(F)c(F)c2F)NC(=O)NC1. The van der Waals surface area contributed by atoms with Crippen LogP contribution in [0, 0.1) is 17.5 Å². The van der Waals surface area contributed by atoms with E-state index in [2.05, 4.69) is 16.0 Å². The van der Waals surface area contributed by atoms with Crippen molar-refractivity contribution < 1.29 is 37.2 Å². The third-order valence-electron chi connectivity index (χ3n) is 3.83. The number of ether oxygens (including phenoxy) is 1. The molecule has 4 N–H and O–H groups in total. The van der Waals surface area contributed by atoms with Crippen molar-refractivity contribution in [2.45, 2.75) is 6.92 Å². The maximum Gasteiger partial charge on any atom is 0.337 e. The number of halogens is 3. The van der Waals surface area contributed by atoms with Crippen LogP contribution in [0.25, 0.3) is 0 Å². The summed E-state index contributed by atoms with van der Waals surface area (Å²) in [4.78, 5) is 36.1. The first kappa shape index (κ1) is 21.2. The molecule has 0 saturated heterocycles. The van der Waals surface area contributed by atoms with E-state index in [0.717, 1.165) is 6.07 Å². The molecular weight excluding hydrogens is 381 g/mol. The molecule has 0 spiro atoms. The molecule has 11 heteroatoms. The number of urea groups is 1. The lowest BCUT2D eigenvalue weighted by molar-refractivity contribution is -0.866. The minimum absolute atomic E-state index is 0.0143. The van der Waals surface area contributed by atoms with Gasteiger partial charge in [-0.15, -0.1) is 0 Å². The van der Waals surface area contributed by atoms with Crippen molar-refractivity contribution in [3.8, 4) is 0 Å². The Morgan fingerprint density at radius 3 is 2.64 bits per heavy atom. The first-order valence-electron chi connectivity index (χ1n) is 8.41. The summed E-state index contributed by atoms with van der Waals surface area (Å²) in [6, 6.07) is 1.12. The van der Waals surface area contributed by atoms with Crippen LogP contribution in [0.15, 0.2) is 23.4 Å². The summed E-state index contributed by atoms with van der Waals surface area (Å²) in [6.45, 7) is 1.69. The van der Waals surface area contributed by atoms with Gasteiger partial charge in [-0.25, -0.2) is 22.8 Å². The van der Waals surface area contributed by atoms with Gasteiger partial charge in [0.25, 0.3) is 5.91 Å². The molecule has 0 bridgehead atoms. The van der Waals surface area contributed by atoms with Crippen LogP contribution in [-0.2, 0) is 14.3 Å². The fourth-order valence-electron chi connectivity index (χ4n) is 2.55. The quantitative estimate of drug-likeness (QED) is 0.372. The molecular formula is C17H20F3N4O4+. The zero-order chi connectivity index (χ0) is 20.8. The Hall–Kier alpha value is -3.08. The zero-order valence-electron chi connectivity index (χ0n) is 15.3.